The second-order valence-corrected chi connectivity index (χ2v) is 6.09. The van der Waals surface area contributed by atoms with E-state index in [2.05, 4.69) is 16.3 Å². The molecule has 3 rings (SSSR count). The number of hydrogen-bond donors (Lipinski definition) is 2. The Kier molecular flexibility index (Phi) is 8.55. The van der Waals surface area contributed by atoms with Gasteiger partial charge in [-0.15, -0.1) is 24.8 Å². The van der Waals surface area contributed by atoms with Gasteiger partial charge < -0.3 is 20.7 Å². The molecule has 1 unspecified atom stereocenters. The van der Waals surface area contributed by atoms with E-state index in [1.165, 1.54) is 0 Å². The normalized spacial score (nSPS) is 15.6. The van der Waals surface area contributed by atoms with Crippen LogP contribution in [-0.2, 0) is 11.2 Å². The van der Waals surface area contributed by atoms with Crippen LogP contribution in [0.5, 0.6) is 5.75 Å². The first kappa shape index (κ1) is 21.9. The Hall–Kier alpha value is -2.11. The number of hydrogen-bond acceptors (Lipinski definition) is 4. The Morgan fingerprint density at radius 2 is 1.88 bits per heavy atom. The number of methoxy groups -OCH3 is 1. The minimum atomic E-state index is 0. The Balaban J connectivity index is 0.00000169. The zero-order valence-corrected chi connectivity index (χ0v) is 16.3. The lowest BCUT2D eigenvalue weighted by atomic mass is 10.1. The molecule has 0 bridgehead atoms. The minimum Gasteiger partial charge on any atom is -0.495 e. The molecule has 1 amide bonds. The molecule has 5 nitrogen and oxygen atoms in total. The molecule has 2 aromatic rings. The third kappa shape index (κ3) is 5.44. The van der Waals surface area contributed by atoms with Crippen LogP contribution in [0.2, 0.25) is 0 Å². The third-order valence-corrected chi connectivity index (χ3v) is 4.32. The second kappa shape index (κ2) is 10.1. The molecule has 1 atom stereocenters. The average Bonchev–Trinajstić information content (AvgIpc) is 3.05. The quantitative estimate of drug-likeness (QED) is 0.760. The maximum Gasteiger partial charge on any atom is 0.224 e. The van der Waals surface area contributed by atoms with E-state index in [1.807, 2.05) is 42.5 Å². The van der Waals surface area contributed by atoms with Gasteiger partial charge in [0, 0.05) is 24.8 Å². The lowest BCUT2D eigenvalue weighted by molar-refractivity contribution is -0.121. The van der Waals surface area contributed by atoms with Crippen LogP contribution in [0.1, 0.15) is 12.0 Å². The van der Waals surface area contributed by atoms with Crippen molar-refractivity contribution in [3.05, 3.63) is 54.1 Å². The van der Waals surface area contributed by atoms with Gasteiger partial charge in [0.1, 0.15) is 5.75 Å². The van der Waals surface area contributed by atoms with Gasteiger partial charge in [0.25, 0.3) is 0 Å². The average molecular weight is 398 g/mol. The van der Waals surface area contributed by atoms with Crippen LogP contribution in [0.25, 0.3) is 0 Å². The Bertz CT molecular complexity index is 710. The first-order chi connectivity index (χ1) is 11.7. The van der Waals surface area contributed by atoms with Crippen molar-refractivity contribution in [2.75, 3.05) is 30.8 Å². The van der Waals surface area contributed by atoms with Crippen LogP contribution in [-0.4, -0.2) is 32.1 Å². The number of amides is 1. The fourth-order valence-corrected chi connectivity index (χ4v) is 3.09. The van der Waals surface area contributed by atoms with E-state index in [9.17, 15) is 4.79 Å². The largest absolute Gasteiger partial charge is 0.495 e. The van der Waals surface area contributed by atoms with Gasteiger partial charge in [-0.2, -0.15) is 0 Å². The van der Waals surface area contributed by atoms with Crippen molar-refractivity contribution in [3.8, 4) is 5.75 Å². The Morgan fingerprint density at radius 1 is 1.19 bits per heavy atom. The topological polar surface area (TPSA) is 67.6 Å². The van der Waals surface area contributed by atoms with Crippen molar-refractivity contribution in [3.63, 3.8) is 0 Å². The number of nitrogens with zero attached hydrogens (tertiary/aromatic N) is 1. The van der Waals surface area contributed by atoms with Gasteiger partial charge in [0.2, 0.25) is 5.91 Å². The summed E-state index contributed by atoms with van der Waals surface area (Å²) in [5.74, 6) is 0.915. The number of rotatable bonds is 5. The molecule has 0 aromatic heterocycles. The number of nitrogen functional groups attached to an aromatic ring is 1. The zero-order chi connectivity index (χ0) is 16.9. The van der Waals surface area contributed by atoms with Gasteiger partial charge in [-0.05, 0) is 36.2 Å². The molecule has 7 heteroatoms. The highest BCUT2D eigenvalue weighted by Gasteiger charge is 2.25. The van der Waals surface area contributed by atoms with Crippen molar-refractivity contribution in [2.45, 2.75) is 18.9 Å². The van der Waals surface area contributed by atoms with Crippen LogP contribution in [0.3, 0.4) is 0 Å². The number of carbonyl (C=O) groups is 1. The maximum atomic E-state index is 12.2. The highest BCUT2D eigenvalue weighted by Crippen LogP contribution is 2.30. The number of halogens is 2. The number of ether oxygens (including phenoxy) is 1. The van der Waals surface area contributed by atoms with E-state index in [0.29, 0.717) is 12.1 Å². The summed E-state index contributed by atoms with van der Waals surface area (Å²) in [5.41, 5.74) is 8.43. The van der Waals surface area contributed by atoms with Crippen molar-refractivity contribution < 1.29 is 9.53 Å². The molecule has 1 aliphatic rings. The van der Waals surface area contributed by atoms with Gasteiger partial charge in [-0.1, -0.05) is 24.3 Å². The summed E-state index contributed by atoms with van der Waals surface area (Å²) < 4.78 is 5.42. The van der Waals surface area contributed by atoms with Crippen molar-refractivity contribution in [2.24, 2.45) is 0 Å². The minimum absolute atomic E-state index is 0. The van der Waals surface area contributed by atoms with E-state index >= 15 is 0 Å². The summed E-state index contributed by atoms with van der Waals surface area (Å²) in [5, 5.41) is 3.13. The Morgan fingerprint density at radius 3 is 2.58 bits per heavy atom. The van der Waals surface area contributed by atoms with E-state index in [1.54, 1.807) is 7.11 Å². The van der Waals surface area contributed by atoms with E-state index in [-0.39, 0.29) is 36.8 Å². The molecule has 0 aliphatic carbocycles. The van der Waals surface area contributed by atoms with Gasteiger partial charge in [-0.25, -0.2) is 0 Å². The molecule has 0 radical (unpaired) electrons. The molecule has 26 heavy (non-hydrogen) atoms. The summed E-state index contributed by atoms with van der Waals surface area (Å²) in [4.78, 5) is 14.5. The summed E-state index contributed by atoms with van der Waals surface area (Å²) >= 11 is 0. The number of anilines is 2. The molecular formula is C19H25Cl2N3O2. The van der Waals surface area contributed by atoms with Crippen molar-refractivity contribution in [1.29, 1.82) is 0 Å². The van der Waals surface area contributed by atoms with Crippen LogP contribution >= 0.6 is 24.8 Å². The summed E-state index contributed by atoms with van der Waals surface area (Å²) in [6, 6.07) is 15.6. The molecule has 1 aliphatic heterocycles. The van der Waals surface area contributed by atoms with Crippen LogP contribution in [0.4, 0.5) is 11.4 Å². The van der Waals surface area contributed by atoms with Crippen LogP contribution < -0.4 is 20.7 Å². The number of nitrogens with one attached hydrogen (secondary N) is 1. The SMILES string of the molecule is COc1ccccc1N1CCC(NC(=O)Cc2ccc(N)cc2)C1.Cl.Cl. The van der Waals surface area contributed by atoms with Gasteiger partial charge >= 0.3 is 0 Å². The van der Waals surface area contributed by atoms with Crippen LogP contribution in [0.15, 0.2) is 48.5 Å². The molecule has 0 spiro atoms. The van der Waals surface area contributed by atoms with Crippen LogP contribution in [0, 0.1) is 0 Å². The number of para-hydroxylation sites is 2. The fourth-order valence-electron chi connectivity index (χ4n) is 3.09. The molecule has 2 aromatic carbocycles. The fraction of sp³-hybridized carbons (Fsp3) is 0.316. The summed E-state index contributed by atoms with van der Waals surface area (Å²) in [7, 11) is 1.68. The summed E-state index contributed by atoms with van der Waals surface area (Å²) in [6.07, 6.45) is 1.32. The maximum absolute atomic E-state index is 12.2. The molecule has 1 saturated heterocycles. The second-order valence-electron chi connectivity index (χ2n) is 6.09. The molecule has 3 N–H and O–H groups in total. The first-order valence-corrected chi connectivity index (χ1v) is 8.17. The molecule has 1 fully saturated rings. The molecule has 142 valence electrons. The highest BCUT2D eigenvalue weighted by atomic mass is 35.5. The highest BCUT2D eigenvalue weighted by molar-refractivity contribution is 5.85. The summed E-state index contributed by atoms with van der Waals surface area (Å²) in [6.45, 7) is 1.71. The smallest absolute Gasteiger partial charge is 0.224 e. The van der Waals surface area contributed by atoms with Crippen molar-refractivity contribution >= 4 is 42.1 Å². The monoisotopic (exact) mass is 397 g/mol. The van der Waals surface area contributed by atoms with Gasteiger partial charge in [-0.3, -0.25) is 4.79 Å². The standard InChI is InChI=1S/C19H23N3O2.2ClH/c1-24-18-5-3-2-4-17(18)22-11-10-16(13-22)21-19(23)12-14-6-8-15(20)9-7-14;;/h2-9,16H,10-13,20H2,1H3,(H,21,23);2*1H. The zero-order valence-electron chi connectivity index (χ0n) is 14.7. The van der Waals surface area contributed by atoms with E-state index < -0.39 is 0 Å². The molecular weight excluding hydrogens is 373 g/mol. The lowest BCUT2D eigenvalue weighted by Gasteiger charge is -2.21. The van der Waals surface area contributed by atoms with E-state index in [0.717, 1.165) is 36.5 Å². The van der Waals surface area contributed by atoms with Crippen molar-refractivity contribution in [1.82, 2.24) is 5.32 Å². The predicted molar refractivity (Wildman–Crippen MR) is 111 cm³/mol. The Labute approximate surface area is 166 Å². The third-order valence-electron chi connectivity index (χ3n) is 4.32. The van der Waals surface area contributed by atoms with Gasteiger partial charge in [0.05, 0.1) is 19.2 Å². The lowest BCUT2D eigenvalue weighted by Crippen LogP contribution is -2.38. The number of benzene rings is 2. The predicted octanol–water partition coefficient (Wildman–Crippen LogP) is 3.06. The van der Waals surface area contributed by atoms with Gasteiger partial charge in [0.15, 0.2) is 0 Å². The first-order valence-electron chi connectivity index (χ1n) is 8.17. The molecule has 0 saturated carbocycles. The number of carbonyl (C=O) groups excluding carboxylic acids is 1. The van der Waals surface area contributed by atoms with E-state index in [4.69, 9.17) is 10.5 Å². The number of nitrogens with two attached hydrogens (primary N) is 1. The molecule has 1 heterocycles.